The Morgan fingerprint density at radius 3 is 2.55 bits per heavy atom. The van der Waals surface area contributed by atoms with Crippen LogP contribution in [0.15, 0.2) is 0 Å². The lowest BCUT2D eigenvalue weighted by molar-refractivity contribution is -0.129. The van der Waals surface area contributed by atoms with Gasteiger partial charge in [0.2, 0.25) is 5.91 Å². The Morgan fingerprint density at radius 1 is 1.09 bits per heavy atom. The Morgan fingerprint density at radius 2 is 1.82 bits per heavy atom. The van der Waals surface area contributed by atoms with E-state index in [9.17, 15) is 4.79 Å². The van der Waals surface area contributed by atoms with Crippen molar-refractivity contribution in [2.75, 3.05) is 31.6 Å². The number of nitrogens with zero attached hydrogens (tertiary/aromatic N) is 4. The van der Waals surface area contributed by atoms with Gasteiger partial charge in [0, 0.05) is 31.4 Å². The molecule has 0 unspecified atom stereocenters. The number of likely N-dealkylation sites (tertiary alicyclic amines) is 1. The van der Waals surface area contributed by atoms with Gasteiger partial charge in [-0.3, -0.25) is 4.79 Å². The molecule has 3 rings (SSSR count). The summed E-state index contributed by atoms with van der Waals surface area (Å²) in [6, 6.07) is 0. The first kappa shape index (κ1) is 15.3. The van der Waals surface area contributed by atoms with Crippen molar-refractivity contribution in [3.05, 3.63) is 17.1 Å². The third-order valence-corrected chi connectivity index (χ3v) is 4.72. The van der Waals surface area contributed by atoms with Crippen LogP contribution in [0.4, 0.5) is 5.82 Å². The van der Waals surface area contributed by atoms with Crippen LogP contribution in [0.5, 0.6) is 0 Å². The topological polar surface area (TPSA) is 49.3 Å². The molecular formula is C17H26N4O. The highest BCUT2D eigenvalue weighted by molar-refractivity contribution is 5.81. The predicted octanol–water partition coefficient (Wildman–Crippen LogP) is 2.11. The van der Waals surface area contributed by atoms with E-state index < -0.39 is 0 Å². The molecule has 5 heteroatoms. The molecule has 2 aliphatic rings. The minimum Gasteiger partial charge on any atom is -0.350 e. The van der Waals surface area contributed by atoms with E-state index in [-0.39, 0.29) is 5.91 Å². The average Bonchev–Trinajstić information content (AvgIpc) is 2.79. The van der Waals surface area contributed by atoms with Crippen molar-refractivity contribution in [3.63, 3.8) is 0 Å². The number of hydrogen-bond acceptors (Lipinski definition) is 4. The Bertz CT molecular complexity index is 550. The number of hydrogen-bond donors (Lipinski definition) is 0. The normalized spacial score (nSPS) is 18.0. The summed E-state index contributed by atoms with van der Waals surface area (Å²) >= 11 is 0. The molecule has 1 saturated heterocycles. The second-order valence-corrected chi connectivity index (χ2v) is 6.52. The van der Waals surface area contributed by atoms with Crippen molar-refractivity contribution >= 4 is 11.7 Å². The lowest BCUT2D eigenvalue weighted by atomic mass is 10.2. The van der Waals surface area contributed by atoms with E-state index in [4.69, 9.17) is 0 Å². The first-order valence-corrected chi connectivity index (χ1v) is 8.50. The van der Waals surface area contributed by atoms with Crippen molar-refractivity contribution in [2.24, 2.45) is 0 Å². The molecule has 0 aromatic carbocycles. The second kappa shape index (κ2) is 6.63. The largest absolute Gasteiger partial charge is 0.350 e. The highest BCUT2D eigenvalue weighted by Gasteiger charge is 2.23. The Labute approximate surface area is 132 Å². The lowest BCUT2D eigenvalue weighted by Gasteiger charge is -2.26. The molecule has 1 aromatic heterocycles. The monoisotopic (exact) mass is 302 g/mol. The van der Waals surface area contributed by atoms with Gasteiger partial charge in [-0.1, -0.05) is 12.8 Å². The molecule has 120 valence electrons. The standard InChI is InChI=1S/C17H26N4O/c1-13-18-15-9-7-8-14(15)17(19-13)20(2)12-16(22)21-10-5-3-4-6-11-21/h3-12H2,1-2H3. The van der Waals surface area contributed by atoms with E-state index in [2.05, 4.69) is 9.97 Å². The van der Waals surface area contributed by atoms with Crippen LogP contribution in [0.1, 0.15) is 49.2 Å². The molecule has 22 heavy (non-hydrogen) atoms. The van der Waals surface area contributed by atoms with E-state index in [0.717, 1.165) is 56.8 Å². The molecule has 0 atom stereocenters. The average molecular weight is 302 g/mol. The van der Waals surface area contributed by atoms with E-state index >= 15 is 0 Å². The third-order valence-electron chi connectivity index (χ3n) is 4.72. The van der Waals surface area contributed by atoms with Gasteiger partial charge in [0.25, 0.3) is 0 Å². The number of likely N-dealkylation sites (N-methyl/N-ethyl adjacent to an activating group) is 1. The first-order chi connectivity index (χ1) is 10.6. The fourth-order valence-corrected chi connectivity index (χ4v) is 3.55. The Kier molecular flexibility index (Phi) is 4.60. The Balaban J connectivity index is 1.71. The van der Waals surface area contributed by atoms with E-state index in [1.54, 1.807) is 0 Å². The molecule has 5 nitrogen and oxygen atoms in total. The van der Waals surface area contributed by atoms with Crippen LogP contribution < -0.4 is 4.90 Å². The molecule has 0 spiro atoms. The highest BCUT2D eigenvalue weighted by atomic mass is 16.2. The molecular weight excluding hydrogens is 276 g/mol. The second-order valence-electron chi connectivity index (χ2n) is 6.52. The summed E-state index contributed by atoms with van der Waals surface area (Å²) in [6.45, 7) is 4.18. The number of amides is 1. The van der Waals surface area contributed by atoms with Crippen LogP contribution in [0, 0.1) is 6.92 Å². The van der Waals surface area contributed by atoms with Gasteiger partial charge in [-0.15, -0.1) is 0 Å². The summed E-state index contributed by atoms with van der Waals surface area (Å²) in [5.74, 6) is 2.00. The minimum atomic E-state index is 0.229. The molecule has 0 bridgehead atoms. The quantitative estimate of drug-likeness (QED) is 0.858. The van der Waals surface area contributed by atoms with Gasteiger partial charge < -0.3 is 9.80 Å². The molecule has 0 N–H and O–H groups in total. The van der Waals surface area contributed by atoms with Crippen molar-refractivity contribution in [1.29, 1.82) is 0 Å². The van der Waals surface area contributed by atoms with Crippen LogP contribution >= 0.6 is 0 Å². The molecule has 0 radical (unpaired) electrons. The van der Waals surface area contributed by atoms with Crippen LogP contribution in [0.25, 0.3) is 0 Å². The maximum atomic E-state index is 12.6. The summed E-state index contributed by atoms with van der Waals surface area (Å²) in [6.07, 6.45) is 7.99. The molecule has 2 heterocycles. The number of aromatic nitrogens is 2. The van der Waals surface area contributed by atoms with Crippen LogP contribution in [0.3, 0.4) is 0 Å². The third kappa shape index (κ3) is 3.23. The van der Waals surface area contributed by atoms with Gasteiger partial charge >= 0.3 is 0 Å². The molecule has 1 amide bonds. The summed E-state index contributed by atoms with van der Waals surface area (Å²) in [7, 11) is 1.98. The number of carbonyl (C=O) groups excluding carboxylic acids is 1. The molecule has 1 aliphatic heterocycles. The summed E-state index contributed by atoms with van der Waals surface area (Å²) < 4.78 is 0. The SMILES string of the molecule is Cc1nc2c(c(N(C)CC(=O)N3CCCCCC3)n1)CCC2. The Hall–Kier alpha value is -1.65. The van der Waals surface area contributed by atoms with Crippen molar-refractivity contribution in [1.82, 2.24) is 14.9 Å². The van der Waals surface area contributed by atoms with Crippen LogP contribution in [-0.2, 0) is 17.6 Å². The zero-order valence-corrected chi connectivity index (χ0v) is 13.8. The number of aryl methyl sites for hydroxylation is 2. The number of carbonyl (C=O) groups is 1. The maximum Gasteiger partial charge on any atom is 0.242 e. The summed E-state index contributed by atoms with van der Waals surface area (Å²) in [5.41, 5.74) is 2.42. The zero-order valence-electron chi connectivity index (χ0n) is 13.8. The highest BCUT2D eigenvalue weighted by Crippen LogP contribution is 2.28. The van der Waals surface area contributed by atoms with Crippen molar-refractivity contribution in [3.8, 4) is 0 Å². The van der Waals surface area contributed by atoms with Gasteiger partial charge in [-0.05, 0) is 39.0 Å². The van der Waals surface area contributed by atoms with Gasteiger partial charge in [-0.2, -0.15) is 0 Å². The molecule has 0 saturated carbocycles. The number of rotatable bonds is 3. The fourth-order valence-electron chi connectivity index (χ4n) is 3.55. The number of anilines is 1. The van der Waals surface area contributed by atoms with E-state index in [0.29, 0.717) is 6.54 Å². The fraction of sp³-hybridized carbons (Fsp3) is 0.706. The van der Waals surface area contributed by atoms with E-state index in [1.807, 2.05) is 23.8 Å². The smallest absolute Gasteiger partial charge is 0.242 e. The summed E-state index contributed by atoms with van der Waals surface area (Å²) in [5, 5.41) is 0. The van der Waals surface area contributed by atoms with Crippen molar-refractivity contribution in [2.45, 2.75) is 51.9 Å². The zero-order chi connectivity index (χ0) is 15.5. The van der Waals surface area contributed by atoms with Gasteiger partial charge in [0.1, 0.15) is 11.6 Å². The molecule has 1 aliphatic carbocycles. The van der Waals surface area contributed by atoms with Gasteiger partial charge in [-0.25, -0.2) is 9.97 Å². The lowest BCUT2D eigenvalue weighted by Crippen LogP contribution is -2.40. The first-order valence-electron chi connectivity index (χ1n) is 8.50. The minimum absolute atomic E-state index is 0.229. The van der Waals surface area contributed by atoms with Crippen molar-refractivity contribution < 1.29 is 4.79 Å². The van der Waals surface area contributed by atoms with E-state index in [1.165, 1.54) is 24.1 Å². The van der Waals surface area contributed by atoms with Gasteiger partial charge in [0.05, 0.1) is 6.54 Å². The van der Waals surface area contributed by atoms with Crippen LogP contribution in [0.2, 0.25) is 0 Å². The predicted molar refractivity (Wildman–Crippen MR) is 87.1 cm³/mol. The van der Waals surface area contributed by atoms with Crippen LogP contribution in [-0.4, -0.2) is 47.5 Å². The maximum absolute atomic E-state index is 12.6. The number of fused-ring (bicyclic) bond motifs is 1. The summed E-state index contributed by atoms with van der Waals surface area (Å²) in [4.78, 5) is 25.8. The van der Waals surface area contributed by atoms with Gasteiger partial charge in [0.15, 0.2) is 0 Å². The molecule has 1 fully saturated rings. The molecule has 1 aromatic rings.